The zero-order valence-corrected chi connectivity index (χ0v) is 12.2. The van der Waals surface area contributed by atoms with E-state index in [2.05, 4.69) is 10.6 Å². The molecule has 1 heterocycles. The van der Waals surface area contributed by atoms with E-state index in [1.807, 2.05) is 0 Å². The molecule has 2 rings (SSSR count). The highest BCUT2D eigenvalue weighted by Crippen LogP contribution is 2.21. The molecule has 5 nitrogen and oxygen atoms in total. The van der Waals surface area contributed by atoms with Crippen LogP contribution in [0.4, 0.5) is 10.1 Å². The van der Waals surface area contributed by atoms with E-state index in [0.29, 0.717) is 5.25 Å². The van der Waals surface area contributed by atoms with Gasteiger partial charge in [0.1, 0.15) is 5.82 Å². The molecule has 0 saturated carbocycles. The second-order valence-corrected chi connectivity index (χ2v) is 6.09. The van der Waals surface area contributed by atoms with E-state index in [1.165, 1.54) is 6.07 Å². The molecule has 0 unspecified atom stereocenters. The van der Waals surface area contributed by atoms with Crippen molar-refractivity contribution in [1.29, 1.82) is 0 Å². The van der Waals surface area contributed by atoms with Gasteiger partial charge in [0.25, 0.3) is 0 Å². The number of amides is 1. The van der Waals surface area contributed by atoms with E-state index in [4.69, 9.17) is 5.11 Å². The SMILES string of the molecule is O=C(CSC1CCNCC1)Nc1ccc(F)cc1C(=O)O. The number of hydrogen-bond acceptors (Lipinski definition) is 4. The minimum atomic E-state index is -1.27. The fraction of sp³-hybridized carbons (Fsp3) is 0.429. The number of carbonyl (C=O) groups is 2. The van der Waals surface area contributed by atoms with Crippen LogP contribution in [0.3, 0.4) is 0 Å². The third-order valence-electron chi connectivity index (χ3n) is 3.22. The molecule has 0 spiro atoms. The largest absolute Gasteiger partial charge is 0.478 e. The molecule has 21 heavy (non-hydrogen) atoms. The molecule has 1 amide bonds. The predicted octanol–water partition coefficient (Wildman–Crippen LogP) is 1.95. The zero-order valence-electron chi connectivity index (χ0n) is 11.4. The summed E-state index contributed by atoms with van der Waals surface area (Å²) in [5, 5.41) is 15.2. The standard InChI is InChI=1S/C14H17FN2O3S/c15-9-1-2-12(11(7-9)14(19)20)17-13(18)8-21-10-3-5-16-6-4-10/h1-2,7,10,16H,3-6,8H2,(H,17,18)(H,19,20). The predicted molar refractivity (Wildman–Crippen MR) is 80.3 cm³/mol. The highest BCUT2D eigenvalue weighted by molar-refractivity contribution is 8.00. The topological polar surface area (TPSA) is 78.4 Å². The molecular formula is C14H17FN2O3S. The van der Waals surface area contributed by atoms with Crippen molar-refractivity contribution in [2.45, 2.75) is 18.1 Å². The zero-order chi connectivity index (χ0) is 15.2. The first-order chi connectivity index (χ1) is 10.1. The summed E-state index contributed by atoms with van der Waals surface area (Å²) >= 11 is 1.57. The van der Waals surface area contributed by atoms with Crippen LogP contribution in [0.2, 0.25) is 0 Å². The summed E-state index contributed by atoms with van der Waals surface area (Å²) < 4.78 is 13.0. The van der Waals surface area contributed by atoms with Crippen molar-refractivity contribution in [2.75, 3.05) is 24.2 Å². The molecule has 0 aliphatic carbocycles. The van der Waals surface area contributed by atoms with Crippen LogP contribution in [-0.2, 0) is 4.79 Å². The third kappa shape index (κ3) is 4.71. The Morgan fingerprint density at radius 1 is 1.38 bits per heavy atom. The Balaban J connectivity index is 1.91. The minimum Gasteiger partial charge on any atom is -0.478 e. The van der Waals surface area contributed by atoms with Crippen molar-refractivity contribution in [3.63, 3.8) is 0 Å². The summed E-state index contributed by atoms with van der Waals surface area (Å²) in [4.78, 5) is 22.9. The number of thioether (sulfide) groups is 1. The Morgan fingerprint density at radius 2 is 2.10 bits per heavy atom. The van der Waals surface area contributed by atoms with Gasteiger partial charge in [0, 0.05) is 5.25 Å². The molecule has 1 saturated heterocycles. The summed E-state index contributed by atoms with van der Waals surface area (Å²) in [5.74, 6) is -1.92. The molecule has 1 aliphatic rings. The number of hydrogen-bond donors (Lipinski definition) is 3. The summed E-state index contributed by atoms with van der Waals surface area (Å²) in [6.45, 7) is 1.92. The highest BCUT2D eigenvalue weighted by atomic mass is 32.2. The summed E-state index contributed by atoms with van der Waals surface area (Å²) in [6, 6.07) is 3.30. The van der Waals surface area contributed by atoms with Gasteiger partial charge in [-0.2, -0.15) is 0 Å². The molecular weight excluding hydrogens is 295 g/mol. The summed E-state index contributed by atoms with van der Waals surface area (Å²) in [7, 11) is 0. The van der Waals surface area contributed by atoms with Gasteiger partial charge in [0.05, 0.1) is 17.0 Å². The van der Waals surface area contributed by atoms with E-state index in [1.54, 1.807) is 11.8 Å². The van der Waals surface area contributed by atoms with Gasteiger partial charge in [-0.05, 0) is 44.1 Å². The fourth-order valence-electron chi connectivity index (χ4n) is 2.14. The monoisotopic (exact) mass is 312 g/mol. The molecule has 1 aliphatic heterocycles. The molecule has 114 valence electrons. The molecule has 7 heteroatoms. The first-order valence-corrected chi connectivity index (χ1v) is 7.76. The average Bonchev–Trinajstić information content (AvgIpc) is 2.48. The van der Waals surface area contributed by atoms with E-state index >= 15 is 0 Å². The number of carboxylic acids is 1. The normalized spacial score (nSPS) is 15.7. The van der Waals surface area contributed by atoms with Gasteiger partial charge in [-0.25, -0.2) is 9.18 Å². The van der Waals surface area contributed by atoms with Crippen LogP contribution in [0.1, 0.15) is 23.2 Å². The summed E-state index contributed by atoms with van der Waals surface area (Å²) in [6.07, 6.45) is 2.05. The number of benzene rings is 1. The lowest BCUT2D eigenvalue weighted by atomic mass is 10.1. The van der Waals surface area contributed by atoms with Crippen LogP contribution >= 0.6 is 11.8 Å². The van der Waals surface area contributed by atoms with Crippen molar-refractivity contribution >= 4 is 29.3 Å². The second-order valence-electron chi connectivity index (χ2n) is 4.80. The third-order valence-corrected chi connectivity index (χ3v) is 4.59. The summed E-state index contributed by atoms with van der Waals surface area (Å²) in [5.41, 5.74) is -0.116. The number of carbonyl (C=O) groups excluding carboxylic acids is 1. The number of anilines is 1. The quantitative estimate of drug-likeness (QED) is 0.774. The molecule has 1 fully saturated rings. The Hall–Kier alpha value is -1.60. The molecule has 0 radical (unpaired) electrons. The lowest BCUT2D eigenvalue weighted by Crippen LogP contribution is -2.30. The van der Waals surface area contributed by atoms with Crippen LogP contribution in [0.15, 0.2) is 18.2 Å². The van der Waals surface area contributed by atoms with Crippen molar-refractivity contribution in [1.82, 2.24) is 5.32 Å². The fourth-order valence-corrected chi connectivity index (χ4v) is 3.17. The van der Waals surface area contributed by atoms with Crippen molar-refractivity contribution in [3.05, 3.63) is 29.6 Å². The van der Waals surface area contributed by atoms with Crippen LogP contribution < -0.4 is 10.6 Å². The van der Waals surface area contributed by atoms with E-state index in [9.17, 15) is 14.0 Å². The van der Waals surface area contributed by atoms with E-state index in [0.717, 1.165) is 38.1 Å². The molecule has 3 N–H and O–H groups in total. The van der Waals surface area contributed by atoms with Crippen LogP contribution in [0.25, 0.3) is 0 Å². The van der Waals surface area contributed by atoms with Gasteiger partial charge < -0.3 is 15.7 Å². The Bertz CT molecular complexity index is 533. The minimum absolute atomic E-state index is 0.125. The highest BCUT2D eigenvalue weighted by Gasteiger charge is 2.17. The maximum atomic E-state index is 13.0. The second kappa shape index (κ2) is 7.42. The lowest BCUT2D eigenvalue weighted by Gasteiger charge is -2.21. The van der Waals surface area contributed by atoms with Gasteiger partial charge in [-0.15, -0.1) is 11.8 Å². The van der Waals surface area contributed by atoms with E-state index in [-0.39, 0.29) is 22.9 Å². The number of rotatable bonds is 5. The Kier molecular flexibility index (Phi) is 5.58. The number of aromatic carboxylic acids is 1. The van der Waals surface area contributed by atoms with Gasteiger partial charge in [-0.1, -0.05) is 0 Å². The van der Waals surface area contributed by atoms with Gasteiger partial charge in [0.2, 0.25) is 5.91 Å². The molecule has 0 aromatic heterocycles. The molecule has 1 aromatic carbocycles. The van der Waals surface area contributed by atoms with Crippen molar-refractivity contribution in [2.24, 2.45) is 0 Å². The van der Waals surface area contributed by atoms with Crippen LogP contribution in [-0.4, -0.2) is 41.1 Å². The van der Waals surface area contributed by atoms with Crippen LogP contribution in [0.5, 0.6) is 0 Å². The first-order valence-electron chi connectivity index (χ1n) is 6.71. The maximum absolute atomic E-state index is 13.0. The average molecular weight is 312 g/mol. The number of piperidine rings is 1. The number of nitrogens with one attached hydrogen (secondary N) is 2. The van der Waals surface area contributed by atoms with Gasteiger partial charge in [-0.3, -0.25) is 4.79 Å². The van der Waals surface area contributed by atoms with Gasteiger partial charge in [0.15, 0.2) is 0 Å². The van der Waals surface area contributed by atoms with Crippen LogP contribution in [0, 0.1) is 5.82 Å². The first kappa shape index (κ1) is 15.8. The van der Waals surface area contributed by atoms with Crippen molar-refractivity contribution < 1.29 is 19.1 Å². The van der Waals surface area contributed by atoms with E-state index < -0.39 is 11.8 Å². The Morgan fingerprint density at radius 3 is 2.76 bits per heavy atom. The maximum Gasteiger partial charge on any atom is 0.337 e. The van der Waals surface area contributed by atoms with Crippen molar-refractivity contribution in [3.8, 4) is 0 Å². The molecule has 0 bridgehead atoms. The van der Waals surface area contributed by atoms with Gasteiger partial charge >= 0.3 is 5.97 Å². The lowest BCUT2D eigenvalue weighted by molar-refractivity contribution is -0.113. The number of carboxylic acid groups (broad SMARTS) is 1. The molecule has 0 atom stereocenters. The number of halogens is 1. The smallest absolute Gasteiger partial charge is 0.337 e. The Labute approximate surface area is 126 Å². The molecule has 1 aromatic rings.